The van der Waals surface area contributed by atoms with Crippen LogP contribution in [0, 0.1) is 20.8 Å². The van der Waals surface area contributed by atoms with Crippen molar-refractivity contribution < 1.29 is 0 Å². The summed E-state index contributed by atoms with van der Waals surface area (Å²) in [7, 11) is 0. The number of rotatable bonds is 1. The van der Waals surface area contributed by atoms with Crippen LogP contribution in [0.2, 0.25) is 0 Å². The van der Waals surface area contributed by atoms with Gasteiger partial charge in [0.25, 0.3) is 0 Å². The molecule has 112 valence electrons. The summed E-state index contributed by atoms with van der Waals surface area (Å²) >= 11 is 0. The fourth-order valence-electron chi connectivity index (χ4n) is 3.77. The van der Waals surface area contributed by atoms with Gasteiger partial charge in [0.1, 0.15) is 0 Å². The van der Waals surface area contributed by atoms with Gasteiger partial charge in [-0.15, -0.1) is 0 Å². The van der Waals surface area contributed by atoms with E-state index in [0.717, 1.165) is 0 Å². The molecule has 4 rings (SSSR count). The molecule has 0 unspecified atom stereocenters. The van der Waals surface area contributed by atoms with E-state index in [9.17, 15) is 0 Å². The lowest BCUT2D eigenvalue weighted by Crippen LogP contribution is -1.90. The number of fused-ring (bicyclic) bond motifs is 3. The van der Waals surface area contributed by atoms with E-state index in [0.29, 0.717) is 0 Å². The van der Waals surface area contributed by atoms with Crippen molar-refractivity contribution in [2.75, 3.05) is 0 Å². The van der Waals surface area contributed by atoms with E-state index in [-0.39, 0.29) is 0 Å². The maximum absolute atomic E-state index is 2.37. The minimum absolute atomic E-state index is 1.33. The van der Waals surface area contributed by atoms with Crippen LogP contribution in [0.5, 0.6) is 0 Å². The molecule has 23 heavy (non-hydrogen) atoms. The average molecular weight is 296 g/mol. The Morgan fingerprint density at radius 3 is 1.52 bits per heavy atom. The van der Waals surface area contributed by atoms with Gasteiger partial charge in [-0.3, -0.25) is 0 Å². The van der Waals surface area contributed by atoms with E-state index >= 15 is 0 Å². The molecule has 3 aromatic carbocycles. The first kappa shape index (κ1) is 14.0. The van der Waals surface area contributed by atoms with Gasteiger partial charge in [-0.25, -0.2) is 0 Å². The van der Waals surface area contributed by atoms with Gasteiger partial charge in [-0.1, -0.05) is 66.2 Å². The lowest BCUT2D eigenvalue weighted by molar-refractivity contribution is 1.30. The third kappa shape index (κ3) is 2.22. The van der Waals surface area contributed by atoms with Crippen LogP contribution in [-0.2, 0) is 0 Å². The molecule has 0 saturated carbocycles. The number of hydrogen-bond donors (Lipinski definition) is 0. The van der Waals surface area contributed by atoms with Gasteiger partial charge in [-0.2, -0.15) is 0 Å². The molecule has 0 nitrogen and oxygen atoms in total. The van der Waals surface area contributed by atoms with Gasteiger partial charge in [0, 0.05) is 0 Å². The zero-order valence-electron chi connectivity index (χ0n) is 13.9. The lowest BCUT2D eigenvalue weighted by Gasteiger charge is -2.10. The van der Waals surface area contributed by atoms with Crippen LogP contribution in [-0.4, -0.2) is 0 Å². The highest BCUT2D eigenvalue weighted by molar-refractivity contribution is 6.06. The number of benzene rings is 3. The lowest BCUT2D eigenvalue weighted by atomic mass is 9.95. The molecular weight excluding hydrogens is 276 g/mol. The maximum Gasteiger partial charge on any atom is -0.00928 e. The second-order valence-corrected chi connectivity index (χ2v) is 6.46. The van der Waals surface area contributed by atoms with Gasteiger partial charge in [-0.05, 0) is 71.4 Å². The van der Waals surface area contributed by atoms with E-state index < -0.39 is 0 Å². The van der Waals surface area contributed by atoms with Crippen molar-refractivity contribution in [2.45, 2.75) is 20.8 Å². The van der Waals surface area contributed by atoms with E-state index in [4.69, 9.17) is 0 Å². The zero-order chi connectivity index (χ0) is 16.0. The average Bonchev–Trinajstić information content (AvgIpc) is 2.85. The summed E-state index contributed by atoms with van der Waals surface area (Å²) < 4.78 is 0. The first-order valence-corrected chi connectivity index (χ1v) is 8.14. The Hall–Kier alpha value is -2.60. The van der Waals surface area contributed by atoms with Crippen LogP contribution >= 0.6 is 0 Å². The molecule has 0 heterocycles. The smallest absolute Gasteiger partial charge is 0.00928 e. The Kier molecular flexibility index (Phi) is 3.20. The standard InChI is InChI=1S/C23H20/c1-15-12-16(2)22(17(3)13-15)14-23-20-10-6-4-8-18(20)19-9-5-7-11-21(19)23/h4-14H,1-3H3. The molecule has 0 aliphatic heterocycles. The van der Waals surface area contributed by atoms with Crippen molar-refractivity contribution in [2.24, 2.45) is 0 Å². The molecule has 1 aliphatic rings. The maximum atomic E-state index is 2.37. The van der Waals surface area contributed by atoms with Crippen LogP contribution in [0.3, 0.4) is 0 Å². The summed E-state index contributed by atoms with van der Waals surface area (Å²) in [4.78, 5) is 0. The van der Waals surface area contributed by atoms with Crippen molar-refractivity contribution in [3.63, 3.8) is 0 Å². The summed E-state index contributed by atoms with van der Waals surface area (Å²) in [5.41, 5.74) is 12.1. The molecule has 0 bridgehead atoms. The van der Waals surface area contributed by atoms with Crippen molar-refractivity contribution in [3.8, 4) is 11.1 Å². The third-order valence-electron chi connectivity index (χ3n) is 4.75. The Balaban J connectivity index is 2.00. The molecular formula is C23H20. The third-order valence-corrected chi connectivity index (χ3v) is 4.75. The normalized spacial score (nSPS) is 12.0. The highest BCUT2D eigenvalue weighted by Gasteiger charge is 2.22. The summed E-state index contributed by atoms with van der Waals surface area (Å²) in [5.74, 6) is 0. The molecule has 0 N–H and O–H groups in total. The molecule has 0 heteroatoms. The molecule has 0 atom stereocenters. The first-order chi connectivity index (χ1) is 11.1. The SMILES string of the molecule is Cc1cc(C)c(C=C2c3ccccc3-c3ccccc32)c(C)c1. The predicted octanol–water partition coefficient (Wildman–Crippen LogP) is 6.18. The number of hydrogen-bond acceptors (Lipinski definition) is 0. The monoisotopic (exact) mass is 296 g/mol. The van der Waals surface area contributed by atoms with Gasteiger partial charge < -0.3 is 0 Å². The van der Waals surface area contributed by atoms with Gasteiger partial charge in [0.15, 0.2) is 0 Å². The predicted molar refractivity (Wildman–Crippen MR) is 99.5 cm³/mol. The van der Waals surface area contributed by atoms with Crippen molar-refractivity contribution in [1.82, 2.24) is 0 Å². The molecule has 0 fully saturated rings. The fraction of sp³-hybridized carbons (Fsp3) is 0.130. The van der Waals surface area contributed by atoms with Gasteiger partial charge >= 0.3 is 0 Å². The van der Waals surface area contributed by atoms with Crippen molar-refractivity contribution in [3.05, 3.63) is 94.0 Å². The molecule has 0 spiro atoms. The minimum Gasteiger partial charge on any atom is -0.0616 e. The Morgan fingerprint density at radius 1 is 0.609 bits per heavy atom. The van der Waals surface area contributed by atoms with Crippen LogP contribution in [0.4, 0.5) is 0 Å². The first-order valence-electron chi connectivity index (χ1n) is 8.14. The second-order valence-electron chi connectivity index (χ2n) is 6.46. The van der Waals surface area contributed by atoms with E-state index in [1.54, 1.807) is 0 Å². The topological polar surface area (TPSA) is 0 Å². The molecule has 0 saturated heterocycles. The number of aryl methyl sites for hydroxylation is 3. The van der Waals surface area contributed by atoms with Crippen LogP contribution < -0.4 is 0 Å². The summed E-state index contributed by atoms with van der Waals surface area (Å²) in [6.45, 7) is 6.58. The van der Waals surface area contributed by atoms with Crippen molar-refractivity contribution >= 4 is 11.6 Å². The molecule has 0 amide bonds. The van der Waals surface area contributed by atoms with Crippen molar-refractivity contribution in [1.29, 1.82) is 0 Å². The van der Waals surface area contributed by atoms with E-state index in [1.165, 1.54) is 50.1 Å². The quantitative estimate of drug-likeness (QED) is 0.393. The molecule has 3 aromatic rings. The van der Waals surface area contributed by atoms with E-state index in [1.807, 2.05) is 0 Å². The fourth-order valence-corrected chi connectivity index (χ4v) is 3.77. The zero-order valence-corrected chi connectivity index (χ0v) is 13.9. The Bertz CT molecular complexity index is 871. The van der Waals surface area contributed by atoms with E-state index in [2.05, 4.69) is 87.5 Å². The molecule has 0 aromatic heterocycles. The van der Waals surface area contributed by atoms with Crippen LogP contribution in [0.1, 0.15) is 33.4 Å². The summed E-state index contributed by atoms with van der Waals surface area (Å²) in [6.07, 6.45) is 2.37. The second kappa shape index (κ2) is 5.24. The highest BCUT2D eigenvalue weighted by atomic mass is 14.3. The summed E-state index contributed by atoms with van der Waals surface area (Å²) in [6, 6.07) is 22.0. The summed E-state index contributed by atoms with van der Waals surface area (Å²) in [5, 5.41) is 0. The minimum atomic E-state index is 1.33. The molecule has 1 aliphatic carbocycles. The van der Waals surface area contributed by atoms with Crippen LogP contribution in [0.15, 0.2) is 60.7 Å². The largest absolute Gasteiger partial charge is 0.0616 e. The van der Waals surface area contributed by atoms with Gasteiger partial charge in [0.2, 0.25) is 0 Å². The Morgan fingerprint density at radius 2 is 1.04 bits per heavy atom. The van der Waals surface area contributed by atoms with Crippen LogP contribution in [0.25, 0.3) is 22.8 Å². The highest BCUT2D eigenvalue weighted by Crippen LogP contribution is 2.45. The molecule has 0 radical (unpaired) electrons. The van der Waals surface area contributed by atoms with Gasteiger partial charge in [0.05, 0.1) is 0 Å². The Labute approximate surface area is 138 Å².